The predicted octanol–water partition coefficient (Wildman–Crippen LogP) is 3.84. The number of carbonyl (C=O) groups is 1. The first-order valence-corrected chi connectivity index (χ1v) is 9.71. The molecule has 0 radical (unpaired) electrons. The summed E-state index contributed by atoms with van der Waals surface area (Å²) in [6.45, 7) is 0.760. The molecular weight excluding hydrogens is 372 g/mol. The third-order valence-electron chi connectivity index (χ3n) is 4.09. The lowest BCUT2D eigenvalue weighted by molar-refractivity contribution is 0.0950. The topological polar surface area (TPSA) is 69.0 Å². The van der Waals surface area contributed by atoms with Crippen molar-refractivity contribution in [3.05, 3.63) is 94.4 Å². The molecule has 0 aliphatic rings. The number of ether oxygens (including phenoxy) is 1. The first-order chi connectivity index (χ1) is 13.8. The smallest absolute Gasteiger partial charge is 0.251 e. The molecule has 1 N–H and O–H groups in total. The quantitative estimate of drug-likeness (QED) is 0.521. The van der Waals surface area contributed by atoms with Crippen LogP contribution in [0, 0.1) is 0 Å². The van der Waals surface area contributed by atoms with E-state index in [1.54, 1.807) is 28.2 Å². The average molecular weight is 390 g/mol. The van der Waals surface area contributed by atoms with Crippen LogP contribution in [0.15, 0.2) is 77.6 Å². The lowest BCUT2D eigenvalue weighted by atomic mass is 10.2. The van der Waals surface area contributed by atoms with Gasteiger partial charge in [0.25, 0.3) is 5.91 Å². The van der Waals surface area contributed by atoms with Crippen LogP contribution in [0.2, 0.25) is 0 Å². The van der Waals surface area contributed by atoms with Crippen molar-refractivity contribution in [1.82, 2.24) is 20.3 Å². The van der Waals surface area contributed by atoms with Crippen molar-refractivity contribution in [3.8, 4) is 11.4 Å². The van der Waals surface area contributed by atoms with E-state index in [1.807, 2.05) is 65.5 Å². The van der Waals surface area contributed by atoms with Crippen molar-refractivity contribution in [2.24, 2.45) is 0 Å². The third kappa shape index (κ3) is 4.44. The molecular formula is C21H18N4O2S. The van der Waals surface area contributed by atoms with E-state index in [0.29, 0.717) is 30.2 Å². The van der Waals surface area contributed by atoms with Gasteiger partial charge in [0.05, 0.1) is 18.4 Å². The van der Waals surface area contributed by atoms with Gasteiger partial charge in [-0.25, -0.2) is 4.68 Å². The van der Waals surface area contributed by atoms with Crippen molar-refractivity contribution >= 4 is 17.2 Å². The van der Waals surface area contributed by atoms with E-state index in [4.69, 9.17) is 4.74 Å². The van der Waals surface area contributed by atoms with E-state index in [0.717, 1.165) is 11.3 Å². The highest BCUT2D eigenvalue weighted by Crippen LogP contribution is 2.16. The van der Waals surface area contributed by atoms with Gasteiger partial charge in [0.1, 0.15) is 18.1 Å². The minimum atomic E-state index is -0.185. The second-order valence-electron chi connectivity index (χ2n) is 6.12. The van der Waals surface area contributed by atoms with E-state index in [1.165, 1.54) is 0 Å². The summed E-state index contributed by atoms with van der Waals surface area (Å²) in [5, 5.41) is 15.0. The summed E-state index contributed by atoms with van der Waals surface area (Å²) >= 11 is 1.59. The average Bonchev–Trinajstić information content (AvgIpc) is 3.43. The number of carbonyl (C=O) groups excluding carboxylic acids is 1. The SMILES string of the molecule is O=C(NCc1cn(-c2ccsc2)nn1)c1cccc(OCc2ccccc2)c1. The number of benzene rings is 2. The second kappa shape index (κ2) is 8.49. The Balaban J connectivity index is 1.34. The Bertz CT molecular complexity index is 1050. The number of nitrogens with zero attached hydrogens (tertiary/aromatic N) is 3. The number of hydrogen-bond acceptors (Lipinski definition) is 5. The van der Waals surface area contributed by atoms with Crippen LogP contribution < -0.4 is 10.1 Å². The third-order valence-corrected chi connectivity index (χ3v) is 4.76. The molecule has 0 bridgehead atoms. The minimum Gasteiger partial charge on any atom is -0.489 e. The second-order valence-corrected chi connectivity index (χ2v) is 6.90. The molecule has 4 aromatic rings. The number of hydrogen-bond donors (Lipinski definition) is 1. The molecule has 1 amide bonds. The Morgan fingerprint density at radius 2 is 2.00 bits per heavy atom. The zero-order chi connectivity index (χ0) is 19.2. The fraction of sp³-hybridized carbons (Fsp3) is 0.0952. The molecule has 0 aliphatic carbocycles. The van der Waals surface area contributed by atoms with Crippen molar-refractivity contribution < 1.29 is 9.53 Å². The summed E-state index contributed by atoms with van der Waals surface area (Å²) in [6.07, 6.45) is 1.81. The Morgan fingerprint density at radius 1 is 1.11 bits per heavy atom. The zero-order valence-corrected chi connectivity index (χ0v) is 15.8. The van der Waals surface area contributed by atoms with Crippen LogP contribution in [0.4, 0.5) is 0 Å². The number of amides is 1. The molecule has 2 heterocycles. The summed E-state index contributed by atoms with van der Waals surface area (Å²) in [5.41, 5.74) is 3.26. The Morgan fingerprint density at radius 3 is 2.82 bits per heavy atom. The highest BCUT2D eigenvalue weighted by Gasteiger charge is 2.09. The largest absolute Gasteiger partial charge is 0.489 e. The van der Waals surface area contributed by atoms with Gasteiger partial charge >= 0.3 is 0 Å². The lowest BCUT2D eigenvalue weighted by Crippen LogP contribution is -2.23. The van der Waals surface area contributed by atoms with E-state index in [-0.39, 0.29) is 5.91 Å². The lowest BCUT2D eigenvalue weighted by Gasteiger charge is -2.08. The minimum absolute atomic E-state index is 0.185. The van der Waals surface area contributed by atoms with Gasteiger partial charge in [-0.05, 0) is 35.2 Å². The maximum absolute atomic E-state index is 12.5. The van der Waals surface area contributed by atoms with Crippen molar-refractivity contribution in [2.45, 2.75) is 13.2 Å². The Kier molecular flexibility index (Phi) is 5.44. The van der Waals surface area contributed by atoms with Gasteiger partial charge in [-0.1, -0.05) is 41.6 Å². The van der Waals surface area contributed by atoms with Crippen LogP contribution in [0.25, 0.3) is 5.69 Å². The molecule has 4 rings (SSSR count). The van der Waals surface area contributed by atoms with E-state index in [9.17, 15) is 4.79 Å². The number of aromatic nitrogens is 3. The molecule has 0 fully saturated rings. The van der Waals surface area contributed by atoms with Crippen molar-refractivity contribution in [3.63, 3.8) is 0 Å². The van der Waals surface area contributed by atoms with Crippen LogP contribution in [0.5, 0.6) is 5.75 Å². The standard InChI is InChI=1S/C21H18N4O2S/c26-21(22-12-18-13-25(24-23-18)19-9-10-28-15-19)17-7-4-8-20(11-17)27-14-16-5-2-1-3-6-16/h1-11,13,15H,12,14H2,(H,22,26). The van der Waals surface area contributed by atoms with Crippen molar-refractivity contribution in [2.75, 3.05) is 0 Å². The molecule has 2 aromatic carbocycles. The fourth-order valence-electron chi connectivity index (χ4n) is 2.63. The molecule has 140 valence electrons. The Hall–Kier alpha value is -3.45. The van der Waals surface area contributed by atoms with Gasteiger partial charge in [-0.2, -0.15) is 11.3 Å². The molecule has 0 saturated carbocycles. The maximum atomic E-state index is 12.5. The molecule has 0 spiro atoms. The molecule has 0 saturated heterocycles. The molecule has 7 heteroatoms. The summed E-state index contributed by atoms with van der Waals surface area (Å²) in [4.78, 5) is 12.5. The Labute approximate surface area is 166 Å². The monoisotopic (exact) mass is 390 g/mol. The van der Waals surface area contributed by atoms with Crippen LogP contribution in [0.1, 0.15) is 21.6 Å². The normalized spacial score (nSPS) is 10.6. The maximum Gasteiger partial charge on any atom is 0.251 e. The van der Waals surface area contributed by atoms with Gasteiger partial charge in [0.15, 0.2) is 0 Å². The molecule has 0 atom stereocenters. The van der Waals surface area contributed by atoms with Gasteiger partial charge in [-0.15, -0.1) is 5.10 Å². The summed E-state index contributed by atoms with van der Waals surface area (Å²) < 4.78 is 7.48. The molecule has 0 unspecified atom stereocenters. The molecule has 0 aliphatic heterocycles. The molecule has 2 aromatic heterocycles. The van der Waals surface area contributed by atoms with Crippen LogP contribution in [-0.4, -0.2) is 20.9 Å². The van der Waals surface area contributed by atoms with E-state index < -0.39 is 0 Å². The summed E-state index contributed by atoms with van der Waals surface area (Å²) in [6, 6.07) is 19.0. The van der Waals surface area contributed by atoms with Crippen LogP contribution in [0.3, 0.4) is 0 Å². The van der Waals surface area contributed by atoms with Gasteiger partial charge < -0.3 is 10.1 Å². The number of rotatable bonds is 7. The van der Waals surface area contributed by atoms with E-state index >= 15 is 0 Å². The first kappa shape index (κ1) is 17.9. The number of nitrogens with one attached hydrogen (secondary N) is 1. The first-order valence-electron chi connectivity index (χ1n) is 8.77. The van der Waals surface area contributed by atoms with E-state index in [2.05, 4.69) is 15.6 Å². The van der Waals surface area contributed by atoms with Gasteiger partial charge in [0, 0.05) is 10.9 Å². The summed E-state index contributed by atoms with van der Waals surface area (Å²) in [7, 11) is 0. The van der Waals surface area contributed by atoms with Gasteiger partial charge in [0.2, 0.25) is 0 Å². The van der Waals surface area contributed by atoms with Crippen LogP contribution in [-0.2, 0) is 13.2 Å². The highest BCUT2D eigenvalue weighted by atomic mass is 32.1. The van der Waals surface area contributed by atoms with Crippen LogP contribution >= 0.6 is 11.3 Å². The molecule has 6 nitrogen and oxygen atoms in total. The fourth-order valence-corrected chi connectivity index (χ4v) is 3.26. The zero-order valence-electron chi connectivity index (χ0n) is 15.0. The van der Waals surface area contributed by atoms with Crippen molar-refractivity contribution in [1.29, 1.82) is 0 Å². The molecule has 28 heavy (non-hydrogen) atoms. The number of thiophene rings is 1. The predicted molar refractivity (Wildman–Crippen MR) is 108 cm³/mol. The van der Waals surface area contributed by atoms with Gasteiger partial charge in [-0.3, -0.25) is 4.79 Å². The summed E-state index contributed by atoms with van der Waals surface area (Å²) in [5.74, 6) is 0.468. The highest BCUT2D eigenvalue weighted by molar-refractivity contribution is 7.08.